The quantitative estimate of drug-likeness (QED) is 0.743. The fourth-order valence-corrected chi connectivity index (χ4v) is 2.31. The fraction of sp³-hybridized carbons (Fsp3) is 0.929. The summed E-state index contributed by atoms with van der Waals surface area (Å²) in [5, 5.41) is 6.15. The van der Waals surface area contributed by atoms with Crippen LogP contribution in [0.15, 0.2) is 0 Å². The summed E-state index contributed by atoms with van der Waals surface area (Å²) in [6.07, 6.45) is 2.25. The number of ether oxygens (including phenoxy) is 1. The van der Waals surface area contributed by atoms with Crippen LogP contribution in [0.4, 0.5) is 4.79 Å². The van der Waals surface area contributed by atoms with Crippen molar-refractivity contribution in [1.29, 1.82) is 0 Å². The lowest BCUT2D eigenvalue weighted by atomic mass is 9.98. The number of piperidine rings is 1. The molecule has 0 aromatic heterocycles. The van der Waals surface area contributed by atoms with Crippen LogP contribution < -0.4 is 10.6 Å². The Kier molecular flexibility index (Phi) is 6.58. The number of hydrogen-bond acceptors (Lipinski definition) is 4. The molecular weight excluding hydrogens is 242 g/mol. The first-order valence-electron chi connectivity index (χ1n) is 7.23. The monoisotopic (exact) mass is 271 g/mol. The lowest BCUT2D eigenvalue weighted by molar-refractivity contribution is 0.0528. The van der Waals surface area contributed by atoms with Crippen molar-refractivity contribution in [3.05, 3.63) is 0 Å². The van der Waals surface area contributed by atoms with Gasteiger partial charge in [0.25, 0.3) is 0 Å². The summed E-state index contributed by atoms with van der Waals surface area (Å²) < 4.78 is 5.16. The molecule has 19 heavy (non-hydrogen) atoms. The third-order valence-electron chi connectivity index (χ3n) is 3.13. The van der Waals surface area contributed by atoms with Gasteiger partial charge in [0.1, 0.15) is 5.60 Å². The van der Waals surface area contributed by atoms with Crippen LogP contribution in [0.5, 0.6) is 0 Å². The summed E-state index contributed by atoms with van der Waals surface area (Å²) in [5.74, 6) is 0.736. The normalized spacial score (nSPS) is 21.2. The zero-order valence-electron chi connectivity index (χ0n) is 12.8. The van der Waals surface area contributed by atoms with Gasteiger partial charge in [-0.2, -0.15) is 0 Å². The second-order valence-electron chi connectivity index (χ2n) is 6.40. The van der Waals surface area contributed by atoms with E-state index in [9.17, 15) is 4.79 Å². The molecule has 0 saturated carbocycles. The molecule has 1 saturated heterocycles. The average molecular weight is 271 g/mol. The Labute approximate surface area is 117 Å². The summed E-state index contributed by atoms with van der Waals surface area (Å²) >= 11 is 0. The summed E-state index contributed by atoms with van der Waals surface area (Å²) in [4.78, 5) is 13.8. The van der Waals surface area contributed by atoms with E-state index in [0.29, 0.717) is 6.54 Å². The second kappa shape index (κ2) is 7.70. The van der Waals surface area contributed by atoms with Crippen molar-refractivity contribution in [2.24, 2.45) is 5.92 Å². The SMILES string of the molecule is CN1CCCC(CNCCNC(=O)OC(C)(C)C)C1. The molecule has 1 aliphatic rings. The molecule has 0 aromatic carbocycles. The molecule has 1 atom stereocenters. The van der Waals surface area contributed by atoms with Gasteiger partial charge >= 0.3 is 6.09 Å². The van der Waals surface area contributed by atoms with Gasteiger partial charge in [-0.25, -0.2) is 4.79 Å². The van der Waals surface area contributed by atoms with Gasteiger partial charge in [0.15, 0.2) is 0 Å². The van der Waals surface area contributed by atoms with Gasteiger partial charge in [0.05, 0.1) is 0 Å². The molecule has 0 bridgehead atoms. The Morgan fingerprint density at radius 3 is 2.74 bits per heavy atom. The maximum atomic E-state index is 11.4. The highest BCUT2D eigenvalue weighted by atomic mass is 16.6. The van der Waals surface area contributed by atoms with Gasteiger partial charge in [-0.15, -0.1) is 0 Å². The summed E-state index contributed by atoms with van der Waals surface area (Å²) in [6, 6.07) is 0. The fourth-order valence-electron chi connectivity index (χ4n) is 2.31. The van der Waals surface area contributed by atoms with E-state index in [2.05, 4.69) is 22.6 Å². The number of likely N-dealkylation sites (tertiary alicyclic amines) is 1. The van der Waals surface area contributed by atoms with E-state index in [1.165, 1.54) is 25.9 Å². The van der Waals surface area contributed by atoms with E-state index in [4.69, 9.17) is 4.74 Å². The predicted molar refractivity (Wildman–Crippen MR) is 77.3 cm³/mol. The number of rotatable bonds is 5. The molecule has 0 aromatic rings. The minimum atomic E-state index is -0.426. The van der Waals surface area contributed by atoms with Crippen molar-refractivity contribution in [2.75, 3.05) is 39.8 Å². The molecule has 1 heterocycles. The van der Waals surface area contributed by atoms with Crippen molar-refractivity contribution in [3.8, 4) is 0 Å². The van der Waals surface area contributed by atoms with Crippen LogP contribution >= 0.6 is 0 Å². The van der Waals surface area contributed by atoms with E-state index in [1.54, 1.807) is 0 Å². The van der Waals surface area contributed by atoms with Crippen LogP contribution in [0.1, 0.15) is 33.6 Å². The molecule has 112 valence electrons. The third kappa shape index (κ3) is 8.06. The molecule has 1 aliphatic heterocycles. The van der Waals surface area contributed by atoms with Crippen LogP contribution in [0.25, 0.3) is 0 Å². The lowest BCUT2D eigenvalue weighted by Gasteiger charge is -2.29. The number of amides is 1. The maximum Gasteiger partial charge on any atom is 0.407 e. The standard InChI is InChI=1S/C14H29N3O2/c1-14(2,3)19-13(18)16-8-7-15-10-12-6-5-9-17(4)11-12/h12,15H,5-11H2,1-4H3,(H,16,18). The lowest BCUT2D eigenvalue weighted by Crippen LogP contribution is -2.40. The number of carbonyl (C=O) groups is 1. The molecule has 2 N–H and O–H groups in total. The Morgan fingerprint density at radius 1 is 1.37 bits per heavy atom. The number of alkyl carbamates (subject to hydrolysis) is 1. The minimum Gasteiger partial charge on any atom is -0.444 e. The smallest absolute Gasteiger partial charge is 0.407 e. The first-order chi connectivity index (χ1) is 8.87. The van der Waals surface area contributed by atoms with E-state index >= 15 is 0 Å². The van der Waals surface area contributed by atoms with Crippen molar-refractivity contribution in [1.82, 2.24) is 15.5 Å². The van der Waals surface area contributed by atoms with Crippen LogP contribution in [-0.4, -0.2) is 56.4 Å². The van der Waals surface area contributed by atoms with Gasteiger partial charge in [0, 0.05) is 19.6 Å². The minimum absolute atomic E-state index is 0.341. The molecule has 5 nitrogen and oxygen atoms in total. The Balaban J connectivity index is 2.00. The van der Waals surface area contributed by atoms with Crippen LogP contribution in [0.2, 0.25) is 0 Å². The summed E-state index contributed by atoms with van der Waals surface area (Å²) in [6.45, 7) is 10.4. The molecule has 0 aliphatic carbocycles. The average Bonchev–Trinajstić information content (AvgIpc) is 2.26. The highest BCUT2D eigenvalue weighted by Crippen LogP contribution is 2.13. The molecule has 5 heteroatoms. The highest BCUT2D eigenvalue weighted by Gasteiger charge is 2.17. The van der Waals surface area contributed by atoms with Gasteiger partial charge in [0.2, 0.25) is 0 Å². The molecule has 1 amide bonds. The molecule has 1 fully saturated rings. The Hall–Kier alpha value is -0.810. The van der Waals surface area contributed by atoms with E-state index < -0.39 is 5.60 Å². The third-order valence-corrected chi connectivity index (χ3v) is 3.13. The first-order valence-corrected chi connectivity index (χ1v) is 7.23. The molecular formula is C14H29N3O2. The van der Waals surface area contributed by atoms with Crippen LogP contribution in [0, 0.1) is 5.92 Å². The van der Waals surface area contributed by atoms with E-state index in [1.807, 2.05) is 20.8 Å². The number of hydrogen-bond donors (Lipinski definition) is 2. The molecule has 0 spiro atoms. The second-order valence-corrected chi connectivity index (χ2v) is 6.40. The number of nitrogens with one attached hydrogen (secondary N) is 2. The highest BCUT2D eigenvalue weighted by molar-refractivity contribution is 5.67. The van der Waals surface area contributed by atoms with Gasteiger partial charge < -0.3 is 20.3 Å². The molecule has 1 unspecified atom stereocenters. The Bertz CT molecular complexity index is 276. The summed E-state index contributed by atoms with van der Waals surface area (Å²) in [7, 11) is 2.18. The zero-order valence-corrected chi connectivity index (χ0v) is 12.8. The van der Waals surface area contributed by atoms with Crippen LogP contribution in [0.3, 0.4) is 0 Å². The largest absolute Gasteiger partial charge is 0.444 e. The van der Waals surface area contributed by atoms with Gasteiger partial charge in [-0.3, -0.25) is 0 Å². The van der Waals surface area contributed by atoms with Crippen molar-refractivity contribution in [3.63, 3.8) is 0 Å². The number of carbonyl (C=O) groups excluding carboxylic acids is 1. The molecule has 1 rings (SSSR count). The van der Waals surface area contributed by atoms with Crippen LogP contribution in [-0.2, 0) is 4.74 Å². The Morgan fingerprint density at radius 2 is 2.11 bits per heavy atom. The molecule has 0 radical (unpaired) electrons. The van der Waals surface area contributed by atoms with Gasteiger partial charge in [-0.1, -0.05) is 0 Å². The van der Waals surface area contributed by atoms with Gasteiger partial charge in [-0.05, 0) is 59.7 Å². The number of nitrogens with zero attached hydrogens (tertiary/aromatic N) is 1. The van der Waals surface area contributed by atoms with E-state index in [0.717, 1.165) is 19.0 Å². The zero-order chi connectivity index (χ0) is 14.3. The maximum absolute atomic E-state index is 11.4. The first kappa shape index (κ1) is 16.2. The predicted octanol–water partition coefficient (Wildman–Crippen LogP) is 1.44. The van der Waals surface area contributed by atoms with Crippen molar-refractivity contribution >= 4 is 6.09 Å². The van der Waals surface area contributed by atoms with Crippen molar-refractivity contribution < 1.29 is 9.53 Å². The van der Waals surface area contributed by atoms with E-state index in [-0.39, 0.29) is 6.09 Å². The topological polar surface area (TPSA) is 53.6 Å². The summed E-state index contributed by atoms with van der Waals surface area (Å²) in [5.41, 5.74) is -0.426. The van der Waals surface area contributed by atoms with Crippen molar-refractivity contribution in [2.45, 2.75) is 39.2 Å².